The molecule has 0 fully saturated rings. The summed E-state index contributed by atoms with van der Waals surface area (Å²) >= 11 is 0. The van der Waals surface area contributed by atoms with E-state index in [1.807, 2.05) is 7.05 Å². The third-order valence-electron chi connectivity index (χ3n) is 3.56. The molecule has 1 aromatic heterocycles. The number of rotatable bonds is 3. The van der Waals surface area contributed by atoms with Crippen molar-refractivity contribution in [2.45, 2.75) is 39.5 Å². The Hall–Kier alpha value is -1.90. The molecule has 0 saturated heterocycles. The standard InChI is InChI=1S/C17H23N3/c1-6-14-15(19-11-20-16(14)18-5)12-7-9-13(10-8-12)17(2,3)4/h7-11H,6H2,1-5H3,(H,18,19,20). The third-order valence-corrected chi connectivity index (χ3v) is 3.56. The Morgan fingerprint density at radius 1 is 1.05 bits per heavy atom. The minimum absolute atomic E-state index is 0.175. The highest BCUT2D eigenvalue weighted by Gasteiger charge is 2.15. The van der Waals surface area contributed by atoms with Gasteiger partial charge in [0.15, 0.2) is 0 Å². The van der Waals surface area contributed by atoms with Crippen molar-refractivity contribution in [1.29, 1.82) is 0 Å². The first-order valence-corrected chi connectivity index (χ1v) is 7.10. The maximum atomic E-state index is 4.47. The molecule has 2 rings (SSSR count). The summed E-state index contributed by atoms with van der Waals surface area (Å²) in [5.74, 6) is 0.914. The summed E-state index contributed by atoms with van der Waals surface area (Å²) in [5.41, 5.74) is 4.84. The molecular formula is C17H23N3. The Morgan fingerprint density at radius 3 is 2.20 bits per heavy atom. The molecule has 3 heteroatoms. The van der Waals surface area contributed by atoms with Crippen LogP contribution in [0.25, 0.3) is 11.3 Å². The second kappa shape index (κ2) is 5.61. The van der Waals surface area contributed by atoms with Crippen LogP contribution in [0.15, 0.2) is 30.6 Å². The normalized spacial score (nSPS) is 11.4. The zero-order chi connectivity index (χ0) is 14.8. The topological polar surface area (TPSA) is 37.8 Å². The molecule has 0 aliphatic heterocycles. The van der Waals surface area contributed by atoms with E-state index in [-0.39, 0.29) is 5.41 Å². The number of aromatic nitrogens is 2. The highest BCUT2D eigenvalue weighted by Crippen LogP contribution is 2.29. The monoisotopic (exact) mass is 269 g/mol. The molecule has 1 heterocycles. The van der Waals surface area contributed by atoms with Crippen molar-refractivity contribution in [3.8, 4) is 11.3 Å². The summed E-state index contributed by atoms with van der Waals surface area (Å²) in [7, 11) is 1.90. The first-order chi connectivity index (χ1) is 9.47. The Bertz CT molecular complexity index is 580. The largest absolute Gasteiger partial charge is 0.373 e. The van der Waals surface area contributed by atoms with Gasteiger partial charge >= 0.3 is 0 Å². The van der Waals surface area contributed by atoms with Crippen molar-refractivity contribution in [2.24, 2.45) is 0 Å². The van der Waals surface area contributed by atoms with E-state index in [1.165, 1.54) is 11.1 Å². The molecule has 1 aromatic carbocycles. The van der Waals surface area contributed by atoms with Gasteiger partial charge in [0.2, 0.25) is 0 Å². The van der Waals surface area contributed by atoms with Crippen molar-refractivity contribution < 1.29 is 0 Å². The Morgan fingerprint density at radius 2 is 1.70 bits per heavy atom. The molecule has 0 atom stereocenters. The SMILES string of the molecule is CCc1c(NC)ncnc1-c1ccc(C(C)(C)C)cc1. The number of nitrogens with zero attached hydrogens (tertiary/aromatic N) is 2. The summed E-state index contributed by atoms with van der Waals surface area (Å²) in [5, 5.41) is 3.14. The van der Waals surface area contributed by atoms with E-state index in [1.54, 1.807) is 6.33 Å². The summed E-state index contributed by atoms with van der Waals surface area (Å²) in [6, 6.07) is 8.69. The second-order valence-corrected chi connectivity index (χ2v) is 5.98. The van der Waals surface area contributed by atoms with Crippen molar-refractivity contribution in [3.63, 3.8) is 0 Å². The van der Waals surface area contributed by atoms with E-state index in [9.17, 15) is 0 Å². The molecule has 0 radical (unpaired) electrons. The third kappa shape index (κ3) is 2.82. The maximum absolute atomic E-state index is 4.47. The first kappa shape index (κ1) is 14.5. The average Bonchev–Trinajstić information content (AvgIpc) is 2.45. The van der Waals surface area contributed by atoms with Gasteiger partial charge in [-0.25, -0.2) is 9.97 Å². The van der Waals surface area contributed by atoms with Gasteiger partial charge in [-0.2, -0.15) is 0 Å². The van der Waals surface area contributed by atoms with Crippen molar-refractivity contribution >= 4 is 5.82 Å². The molecular weight excluding hydrogens is 246 g/mol. The fourth-order valence-corrected chi connectivity index (χ4v) is 2.34. The number of hydrogen-bond acceptors (Lipinski definition) is 3. The van der Waals surface area contributed by atoms with Crippen LogP contribution in [0.3, 0.4) is 0 Å². The molecule has 3 nitrogen and oxygen atoms in total. The van der Waals surface area contributed by atoms with Gasteiger partial charge in [-0.3, -0.25) is 0 Å². The molecule has 1 N–H and O–H groups in total. The Balaban J connectivity index is 2.47. The van der Waals surface area contributed by atoms with Crippen LogP contribution in [-0.4, -0.2) is 17.0 Å². The van der Waals surface area contributed by atoms with Crippen molar-refractivity contribution in [3.05, 3.63) is 41.7 Å². The lowest BCUT2D eigenvalue weighted by Gasteiger charge is -2.19. The molecule has 0 aliphatic carbocycles. The first-order valence-electron chi connectivity index (χ1n) is 7.10. The fourth-order valence-electron chi connectivity index (χ4n) is 2.34. The maximum Gasteiger partial charge on any atom is 0.132 e. The van der Waals surface area contributed by atoms with E-state index in [2.05, 4.69) is 67.2 Å². The molecule has 0 aliphatic rings. The van der Waals surface area contributed by atoms with Gasteiger partial charge in [-0.1, -0.05) is 52.0 Å². The molecule has 2 aromatic rings. The van der Waals surface area contributed by atoms with Gasteiger partial charge < -0.3 is 5.32 Å². The minimum Gasteiger partial charge on any atom is -0.373 e. The lowest BCUT2D eigenvalue weighted by Crippen LogP contribution is -2.10. The van der Waals surface area contributed by atoms with Gasteiger partial charge in [0.1, 0.15) is 12.1 Å². The van der Waals surface area contributed by atoms with E-state index in [4.69, 9.17) is 0 Å². The van der Waals surface area contributed by atoms with Gasteiger partial charge in [-0.15, -0.1) is 0 Å². The highest BCUT2D eigenvalue weighted by atomic mass is 15.0. The minimum atomic E-state index is 0.175. The number of benzene rings is 1. The molecule has 0 bridgehead atoms. The van der Waals surface area contributed by atoms with Gasteiger partial charge in [0.25, 0.3) is 0 Å². The van der Waals surface area contributed by atoms with Gasteiger partial charge in [-0.05, 0) is 17.4 Å². The molecule has 0 spiro atoms. The van der Waals surface area contributed by atoms with E-state index < -0.39 is 0 Å². The van der Waals surface area contributed by atoms with E-state index >= 15 is 0 Å². The molecule has 0 amide bonds. The molecule has 106 valence electrons. The smallest absolute Gasteiger partial charge is 0.132 e. The van der Waals surface area contributed by atoms with Crippen LogP contribution < -0.4 is 5.32 Å². The van der Waals surface area contributed by atoms with Crippen LogP contribution in [0.2, 0.25) is 0 Å². The second-order valence-electron chi connectivity index (χ2n) is 5.98. The quantitative estimate of drug-likeness (QED) is 0.913. The lowest BCUT2D eigenvalue weighted by molar-refractivity contribution is 0.590. The van der Waals surface area contributed by atoms with Gasteiger partial charge in [0.05, 0.1) is 5.69 Å². The van der Waals surface area contributed by atoms with E-state index in [0.717, 1.165) is 23.5 Å². The summed E-state index contributed by atoms with van der Waals surface area (Å²) < 4.78 is 0. The predicted molar refractivity (Wildman–Crippen MR) is 85.1 cm³/mol. The Labute approximate surface area is 121 Å². The zero-order valence-corrected chi connectivity index (χ0v) is 13.0. The van der Waals surface area contributed by atoms with Crippen molar-refractivity contribution in [2.75, 3.05) is 12.4 Å². The fraction of sp³-hybridized carbons (Fsp3) is 0.412. The van der Waals surface area contributed by atoms with Crippen LogP contribution in [-0.2, 0) is 11.8 Å². The Kier molecular flexibility index (Phi) is 4.07. The van der Waals surface area contributed by atoms with Crippen LogP contribution in [0.5, 0.6) is 0 Å². The van der Waals surface area contributed by atoms with Gasteiger partial charge in [0, 0.05) is 18.2 Å². The molecule has 0 saturated carbocycles. The van der Waals surface area contributed by atoms with Crippen LogP contribution in [0, 0.1) is 0 Å². The average molecular weight is 269 g/mol. The number of anilines is 1. The number of nitrogens with one attached hydrogen (secondary N) is 1. The predicted octanol–water partition coefficient (Wildman–Crippen LogP) is 4.05. The lowest BCUT2D eigenvalue weighted by atomic mass is 9.86. The number of hydrogen-bond donors (Lipinski definition) is 1. The highest BCUT2D eigenvalue weighted by molar-refractivity contribution is 5.68. The molecule has 0 unspecified atom stereocenters. The van der Waals surface area contributed by atoms with Crippen molar-refractivity contribution in [1.82, 2.24) is 9.97 Å². The summed E-state index contributed by atoms with van der Waals surface area (Å²) in [4.78, 5) is 8.76. The van der Waals surface area contributed by atoms with Crippen LogP contribution >= 0.6 is 0 Å². The summed E-state index contributed by atoms with van der Waals surface area (Å²) in [6.07, 6.45) is 2.53. The zero-order valence-electron chi connectivity index (χ0n) is 13.0. The van der Waals surface area contributed by atoms with Crippen LogP contribution in [0.4, 0.5) is 5.82 Å². The molecule has 20 heavy (non-hydrogen) atoms. The van der Waals surface area contributed by atoms with E-state index in [0.29, 0.717) is 0 Å². The van der Waals surface area contributed by atoms with Crippen LogP contribution in [0.1, 0.15) is 38.8 Å². The summed E-state index contributed by atoms with van der Waals surface area (Å²) in [6.45, 7) is 8.81.